The van der Waals surface area contributed by atoms with Crippen molar-refractivity contribution in [1.29, 1.82) is 0 Å². The smallest absolute Gasteiger partial charge is 0.293 e. The van der Waals surface area contributed by atoms with E-state index in [1.54, 1.807) is 17.4 Å². The monoisotopic (exact) mass is 384 g/mol. The first kappa shape index (κ1) is 14.9. The third-order valence-corrected chi connectivity index (χ3v) is 6.23. The number of thiophene rings is 1. The van der Waals surface area contributed by atoms with Crippen LogP contribution in [0.5, 0.6) is 0 Å². The van der Waals surface area contributed by atoms with Gasteiger partial charge in [0.2, 0.25) is 0 Å². The standard InChI is InChI=1S/C14H13BrN2O2S2/c1-8-6-12(10-4-5-20-14(10)21-8)16-11-3-2-9(15)7-13(11)17(18)19/h2-5,7-8,12,16H,6H2,1H3/t8-,12?/m0/s1. The maximum Gasteiger partial charge on any atom is 0.293 e. The molecule has 1 aromatic heterocycles. The van der Waals surface area contributed by atoms with Crippen molar-refractivity contribution in [1.82, 2.24) is 0 Å². The molecule has 0 radical (unpaired) electrons. The lowest BCUT2D eigenvalue weighted by Gasteiger charge is -2.28. The number of rotatable bonds is 3. The van der Waals surface area contributed by atoms with Gasteiger partial charge in [0.05, 0.1) is 15.2 Å². The number of nitrogens with one attached hydrogen (secondary N) is 1. The number of fused-ring (bicyclic) bond motifs is 1. The summed E-state index contributed by atoms with van der Waals surface area (Å²) in [6.07, 6.45) is 0.960. The van der Waals surface area contributed by atoms with E-state index in [0.29, 0.717) is 15.4 Å². The van der Waals surface area contributed by atoms with Crippen LogP contribution in [0.15, 0.2) is 38.3 Å². The first-order valence-electron chi connectivity index (χ1n) is 6.49. The van der Waals surface area contributed by atoms with E-state index in [0.717, 1.165) is 6.42 Å². The van der Waals surface area contributed by atoms with Crippen molar-refractivity contribution >= 4 is 50.4 Å². The fourth-order valence-electron chi connectivity index (χ4n) is 2.45. The van der Waals surface area contributed by atoms with Gasteiger partial charge in [0.1, 0.15) is 5.69 Å². The number of nitro groups is 1. The Morgan fingerprint density at radius 1 is 1.43 bits per heavy atom. The van der Waals surface area contributed by atoms with Crippen LogP contribution in [0.1, 0.15) is 24.9 Å². The first-order chi connectivity index (χ1) is 10.0. The zero-order chi connectivity index (χ0) is 15.0. The van der Waals surface area contributed by atoms with E-state index >= 15 is 0 Å². The van der Waals surface area contributed by atoms with E-state index in [9.17, 15) is 10.1 Å². The molecule has 2 heterocycles. The van der Waals surface area contributed by atoms with Gasteiger partial charge in [-0.15, -0.1) is 23.1 Å². The average molecular weight is 385 g/mol. The molecule has 0 saturated carbocycles. The zero-order valence-electron chi connectivity index (χ0n) is 11.2. The quantitative estimate of drug-likeness (QED) is 0.563. The van der Waals surface area contributed by atoms with Gasteiger partial charge in [0.15, 0.2) is 0 Å². The maximum absolute atomic E-state index is 11.2. The van der Waals surface area contributed by atoms with Crippen LogP contribution in [0.2, 0.25) is 0 Å². The lowest BCUT2D eigenvalue weighted by Crippen LogP contribution is -2.19. The van der Waals surface area contributed by atoms with Crippen molar-refractivity contribution in [3.63, 3.8) is 0 Å². The topological polar surface area (TPSA) is 55.2 Å². The largest absolute Gasteiger partial charge is 0.373 e. The SMILES string of the molecule is C[C@H]1CC(Nc2ccc(Br)cc2[N+](=O)[O-])c2ccsc2S1. The van der Waals surface area contributed by atoms with Crippen LogP contribution in [0.25, 0.3) is 0 Å². The van der Waals surface area contributed by atoms with Crippen LogP contribution >= 0.6 is 39.0 Å². The number of benzene rings is 1. The molecule has 1 aromatic carbocycles. The van der Waals surface area contributed by atoms with Gasteiger partial charge in [-0.25, -0.2) is 0 Å². The highest BCUT2D eigenvalue weighted by Gasteiger charge is 2.28. The van der Waals surface area contributed by atoms with Gasteiger partial charge in [-0.3, -0.25) is 10.1 Å². The Bertz CT molecular complexity index is 689. The van der Waals surface area contributed by atoms with Gasteiger partial charge in [0, 0.05) is 15.8 Å². The molecule has 2 aromatic rings. The van der Waals surface area contributed by atoms with Crippen molar-refractivity contribution in [2.75, 3.05) is 5.32 Å². The molecule has 2 atom stereocenters. The highest BCUT2D eigenvalue weighted by atomic mass is 79.9. The van der Waals surface area contributed by atoms with Crippen molar-refractivity contribution in [3.05, 3.63) is 49.8 Å². The number of nitrogens with zero attached hydrogens (tertiary/aromatic N) is 1. The second-order valence-corrected chi connectivity index (χ2v) is 8.48. The summed E-state index contributed by atoms with van der Waals surface area (Å²) in [6.45, 7) is 2.19. The molecule has 1 aliphatic rings. The van der Waals surface area contributed by atoms with Crippen LogP contribution in [-0.2, 0) is 0 Å². The average Bonchev–Trinajstić information content (AvgIpc) is 2.88. The van der Waals surface area contributed by atoms with E-state index in [1.807, 2.05) is 17.8 Å². The third kappa shape index (κ3) is 3.09. The van der Waals surface area contributed by atoms with Crippen LogP contribution in [0.4, 0.5) is 11.4 Å². The van der Waals surface area contributed by atoms with Gasteiger partial charge >= 0.3 is 0 Å². The van der Waals surface area contributed by atoms with Gasteiger partial charge in [-0.05, 0) is 35.6 Å². The predicted molar refractivity (Wildman–Crippen MR) is 91.4 cm³/mol. The Kier molecular flexibility index (Phi) is 4.24. The summed E-state index contributed by atoms with van der Waals surface area (Å²) in [7, 11) is 0. The lowest BCUT2D eigenvalue weighted by molar-refractivity contribution is -0.384. The normalized spacial score (nSPS) is 20.9. The molecule has 0 fully saturated rings. The van der Waals surface area contributed by atoms with E-state index in [-0.39, 0.29) is 16.7 Å². The Labute approximate surface area is 139 Å². The molecular formula is C14H13BrN2O2S2. The molecule has 1 unspecified atom stereocenters. The van der Waals surface area contributed by atoms with E-state index < -0.39 is 0 Å². The Morgan fingerprint density at radius 2 is 2.24 bits per heavy atom. The van der Waals surface area contributed by atoms with Crippen LogP contribution in [0, 0.1) is 10.1 Å². The molecule has 0 amide bonds. The summed E-state index contributed by atoms with van der Waals surface area (Å²) in [5.41, 5.74) is 1.93. The van der Waals surface area contributed by atoms with Crippen molar-refractivity contribution < 1.29 is 4.92 Å². The third-order valence-electron chi connectivity index (χ3n) is 3.40. The summed E-state index contributed by atoms with van der Waals surface area (Å²) in [5, 5.41) is 17.2. The molecule has 1 aliphatic heterocycles. The highest BCUT2D eigenvalue weighted by molar-refractivity contribution is 9.10. The molecule has 7 heteroatoms. The van der Waals surface area contributed by atoms with Gasteiger partial charge in [-0.1, -0.05) is 22.9 Å². The summed E-state index contributed by atoms with van der Waals surface area (Å²) in [5.74, 6) is 0. The Hall–Kier alpha value is -1.05. The number of anilines is 1. The van der Waals surface area contributed by atoms with Crippen molar-refractivity contribution in [2.24, 2.45) is 0 Å². The molecule has 4 nitrogen and oxygen atoms in total. The molecule has 3 rings (SSSR count). The molecule has 0 bridgehead atoms. The number of nitro benzene ring substituents is 1. The summed E-state index contributed by atoms with van der Waals surface area (Å²) in [6, 6.07) is 7.37. The molecular weight excluding hydrogens is 372 g/mol. The summed E-state index contributed by atoms with van der Waals surface area (Å²) >= 11 is 6.91. The maximum atomic E-state index is 11.2. The van der Waals surface area contributed by atoms with Gasteiger partial charge < -0.3 is 5.32 Å². The number of hydrogen-bond donors (Lipinski definition) is 1. The van der Waals surface area contributed by atoms with Crippen LogP contribution in [0.3, 0.4) is 0 Å². The predicted octanol–water partition coefficient (Wildman–Crippen LogP) is 5.46. The minimum atomic E-state index is -0.345. The molecule has 110 valence electrons. The van der Waals surface area contributed by atoms with Gasteiger partial charge in [-0.2, -0.15) is 0 Å². The van der Waals surface area contributed by atoms with E-state index in [1.165, 1.54) is 15.8 Å². The Balaban J connectivity index is 1.93. The molecule has 1 N–H and O–H groups in total. The lowest BCUT2D eigenvalue weighted by atomic mass is 10.0. The fraction of sp³-hybridized carbons (Fsp3) is 0.286. The molecule has 0 aliphatic carbocycles. The molecule has 0 spiro atoms. The van der Waals surface area contributed by atoms with E-state index in [4.69, 9.17) is 0 Å². The highest BCUT2D eigenvalue weighted by Crippen LogP contribution is 2.45. The van der Waals surface area contributed by atoms with Crippen LogP contribution in [-0.4, -0.2) is 10.2 Å². The number of hydrogen-bond acceptors (Lipinski definition) is 5. The van der Waals surface area contributed by atoms with Crippen molar-refractivity contribution in [2.45, 2.75) is 28.8 Å². The molecule has 0 saturated heterocycles. The first-order valence-corrected chi connectivity index (χ1v) is 9.04. The van der Waals surface area contributed by atoms with Gasteiger partial charge in [0.25, 0.3) is 5.69 Å². The molecule has 21 heavy (non-hydrogen) atoms. The Morgan fingerprint density at radius 3 is 3.00 bits per heavy atom. The van der Waals surface area contributed by atoms with Crippen LogP contribution < -0.4 is 5.32 Å². The zero-order valence-corrected chi connectivity index (χ0v) is 14.4. The minimum absolute atomic E-state index is 0.104. The van der Waals surface area contributed by atoms with E-state index in [2.05, 4.69) is 39.6 Å². The second-order valence-electron chi connectivity index (χ2n) is 4.94. The number of halogens is 1. The second kappa shape index (κ2) is 5.98. The summed E-state index contributed by atoms with van der Waals surface area (Å²) in [4.78, 5) is 10.9. The fourth-order valence-corrected chi connectivity index (χ4v) is 5.37. The summed E-state index contributed by atoms with van der Waals surface area (Å²) < 4.78 is 2.02. The minimum Gasteiger partial charge on any atom is -0.373 e. The number of thioether (sulfide) groups is 1. The van der Waals surface area contributed by atoms with Crippen molar-refractivity contribution in [3.8, 4) is 0 Å².